The molecule has 0 radical (unpaired) electrons. The van der Waals surface area contributed by atoms with E-state index in [2.05, 4.69) is 24.4 Å². The van der Waals surface area contributed by atoms with Crippen LogP contribution >= 0.6 is 12.4 Å². The van der Waals surface area contributed by atoms with Gasteiger partial charge in [-0.3, -0.25) is 4.79 Å². The van der Waals surface area contributed by atoms with E-state index in [1.54, 1.807) is 0 Å². The fourth-order valence-electron chi connectivity index (χ4n) is 2.33. The second kappa shape index (κ2) is 8.18. The van der Waals surface area contributed by atoms with E-state index in [0.29, 0.717) is 0 Å². The predicted octanol–water partition coefficient (Wildman–Crippen LogP) is 2.50. The Morgan fingerprint density at radius 3 is 2.63 bits per heavy atom. The van der Waals surface area contributed by atoms with E-state index in [1.165, 1.54) is 5.56 Å². The molecular formula is C15H23ClN2O. The maximum atomic E-state index is 12.3. The number of nitrogens with zero attached hydrogens (tertiary/aromatic N) is 1. The number of rotatable bonds is 3. The van der Waals surface area contributed by atoms with Crippen LogP contribution in [0.25, 0.3) is 0 Å². The Morgan fingerprint density at radius 1 is 1.21 bits per heavy atom. The number of halogens is 1. The Balaban J connectivity index is 0.00000180. The molecule has 0 aromatic heterocycles. The molecule has 0 unspecified atom stereocenters. The highest BCUT2D eigenvalue weighted by molar-refractivity contribution is 5.94. The summed E-state index contributed by atoms with van der Waals surface area (Å²) < 4.78 is 0. The van der Waals surface area contributed by atoms with Gasteiger partial charge in [-0.25, -0.2) is 0 Å². The van der Waals surface area contributed by atoms with Crippen LogP contribution in [0.3, 0.4) is 0 Å². The number of amides is 1. The summed E-state index contributed by atoms with van der Waals surface area (Å²) in [7, 11) is 0. The van der Waals surface area contributed by atoms with Crippen LogP contribution in [0.15, 0.2) is 24.3 Å². The summed E-state index contributed by atoms with van der Waals surface area (Å²) in [6.45, 7) is 5.76. The molecule has 1 aliphatic heterocycles. The average Bonchev–Trinajstić information content (AvgIpc) is 2.68. The standard InChI is InChI=1S/C15H22N2O.ClH/c1-2-4-13-5-7-14(8-6-13)15(18)17-11-3-9-16-10-12-17;/h5-8,16H,2-4,9-12H2,1H3;1H. The van der Waals surface area contributed by atoms with Gasteiger partial charge in [-0.2, -0.15) is 0 Å². The molecule has 3 nitrogen and oxygen atoms in total. The average molecular weight is 283 g/mol. The highest BCUT2D eigenvalue weighted by atomic mass is 35.5. The number of carbonyl (C=O) groups excluding carboxylic acids is 1. The Labute approximate surface area is 121 Å². The lowest BCUT2D eigenvalue weighted by Crippen LogP contribution is -2.34. The van der Waals surface area contributed by atoms with Crippen LogP contribution in [-0.4, -0.2) is 37.0 Å². The molecule has 0 bridgehead atoms. The lowest BCUT2D eigenvalue weighted by atomic mass is 10.1. The third-order valence-electron chi connectivity index (χ3n) is 3.37. The van der Waals surface area contributed by atoms with Gasteiger partial charge in [0.1, 0.15) is 0 Å². The van der Waals surface area contributed by atoms with E-state index in [0.717, 1.165) is 51.0 Å². The van der Waals surface area contributed by atoms with Gasteiger partial charge in [-0.05, 0) is 37.1 Å². The number of hydrogen-bond donors (Lipinski definition) is 1. The van der Waals surface area contributed by atoms with Gasteiger partial charge in [0.15, 0.2) is 0 Å². The molecule has 2 rings (SSSR count). The van der Waals surface area contributed by atoms with Crippen molar-refractivity contribution in [2.45, 2.75) is 26.2 Å². The number of nitrogens with one attached hydrogen (secondary N) is 1. The zero-order valence-corrected chi connectivity index (χ0v) is 12.3. The second-order valence-electron chi connectivity index (χ2n) is 4.84. The molecule has 1 amide bonds. The molecule has 0 spiro atoms. The predicted molar refractivity (Wildman–Crippen MR) is 81.1 cm³/mol. The minimum atomic E-state index is 0. The van der Waals surface area contributed by atoms with Crippen LogP contribution in [0, 0.1) is 0 Å². The molecule has 1 heterocycles. The third-order valence-corrected chi connectivity index (χ3v) is 3.37. The molecule has 0 saturated carbocycles. The van der Waals surface area contributed by atoms with Gasteiger partial charge in [0.2, 0.25) is 0 Å². The lowest BCUT2D eigenvalue weighted by molar-refractivity contribution is 0.0766. The summed E-state index contributed by atoms with van der Waals surface area (Å²) in [5.41, 5.74) is 2.13. The van der Waals surface area contributed by atoms with Crippen molar-refractivity contribution in [3.05, 3.63) is 35.4 Å². The van der Waals surface area contributed by atoms with Crippen molar-refractivity contribution in [2.75, 3.05) is 26.2 Å². The van der Waals surface area contributed by atoms with Crippen molar-refractivity contribution in [3.63, 3.8) is 0 Å². The van der Waals surface area contributed by atoms with E-state index in [9.17, 15) is 4.79 Å². The number of aryl methyl sites for hydroxylation is 1. The van der Waals surface area contributed by atoms with Gasteiger partial charge in [-0.15, -0.1) is 12.4 Å². The van der Waals surface area contributed by atoms with E-state index >= 15 is 0 Å². The second-order valence-corrected chi connectivity index (χ2v) is 4.84. The van der Waals surface area contributed by atoms with Crippen LogP contribution in [-0.2, 0) is 6.42 Å². The molecule has 1 aromatic rings. The quantitative estimate of drug-likeness (QED) is 0.924. The Bertz CT molecular complexity index is 384. The smallest absolute Gasteiger partial charge is 0.253 e. The molecule has 19 heavy (non-hydrogen) atoms. The van der Waals surface area contributed by atoms with Crippen molar-refractivity contribution in [1.29, 1.82) is 0 Å². The van der Waals surface area contributed by atoms with Gasteiger partial charge in [0.25, 0.3) is 5.91 Å². The first-order valence-corrected chi connectivity index (χ1v) is 6.90. The van der Waals surface area contributed by atoms with Crippen LogP contribution in [0.2, 0.25) is 0 Å². The molecule has 1 aromatic carbocycles. The normalized spacial score (nSPS) is 15.5. The van der Waals surface area contributed by atoms with Gasteiger partial charge < -0.3 is 10.2 Å². The topological polar surface area (TPSA) is 32.3 Å². The SMILES string of the molecule is CCCc1ccc(C(=O)N2CCCNCC2)cc1.Cl. The molecular weight excluding hydrogens is 260 g/mol. The largest absolute Gasteiger partial charge is 0.337 e. The minimum Gasteiger partial charge on any atom is -0.337 e. The molecule has 106 valence electrons. The summed E-state index contributed by atoms with van der Waals surface area (Å²) in [4.78, 5) is 14.3. The fraction of sp³-hybridized carbons (Fsp3) is 0.533. The minimum absolute atomic E-state index is 0. The van der Waals surface area contributed by atoms with Crippen molar-refractivity contribution in [1.82, 2.24) is 10.2 Å². The first-order chi connectivity index (χ1) is 8.81. The zero-order chi connectivity index (χ0) is 12.8. The lowest BCUT2D eigenvalue weighted by Gasteiger charge is -2.20. The Morgan fingerprint density at radius 2 is 1.95 bits per heavy atom. The highest BCUT2D eigenvalue weighted by Crippen LogP contribution is 2.10. The molecule has 1 fully saturated rings. The number of benzene rings is 1. The van der Waals surface area contributed by atoms with E-state index in [-0.39, 0.29) is 18.3 Å². The summed E-state index contributed by atoms with van der Waals surface area (Å²) >= 11 is 0. The van der Waals surface area contributed by atoms with E-state index in [1.807, 2.05) is 17.0 Å². The summed E-state index contributed by atoms with van der Waals surface area (Å²) in [5, 5.41) is 3.32. The molecule has 0 aliphatic carbocycles. The maximum Gasteiger partial charge on any atom is 0.253 e. The Hall–Kier alpha value is -1.06. The fourth-order valence-corrected chi connectivity index (χ4v) is 2.33. The number of hydrogen-bond acceptors (Lipinski definition) is 2. The Kier molecular flexibility index (Phi) is 6.89. The van der Waals surface area contributed by atoms with E-state index in [4.69, 9.17) is 0 Å². The van der Waals surface area contributed by atoms with Gasteiger partial charge in [0.05, 0.1) is 0 Å². The van der Waals surface area contributed by atoms with Crippen LogP contribution < -0.4 is 5.32 Å². The molecule has 1 saturated heterocycles. The van der Waals surface area contributed by atoms with Crippen molar-refractivity contribution < 1.29 is 4.79 Å². The van der Waals surface area contributed by atoms with Crippen LogP contribution in [0.1, 0.15) is 35.7 Å². The third kappa shape index (κ3) is 4.51. The maximum absolute atomic E-state index is 12.3. The highest BCUT2D eigenvalue weighted by Gasteiger charge is 2.16. The summed E-state index contributed by atoms with van der Waals surface area (Å²) in [6, 6.07) is 8.08. The van der Waals surface area contributed by atoms with Crippen molar-refractivity contribution in [2.24, 2.45) is 0 Å². The van der Waals surface area contributed by atoms with Gasteiger partial charge in [-0.1, -0.05) is 25.5 Å². The van der Waals surface area contributed by atoms with Crippen LogP contribution in [0.5, 0.6) is 0 Å². The zero-order valence-electron chi connectivity index (χ0n) is 11.5. The van der Waals surface area contributed by atoms with Gasteiger partial charge >= 0.3 is 0 Å². The van der Waals surface area contributed by atoms with E-state index < -0.39 is 0 Å². The molecule has 1 aliphatic rings. The monoisotopic (exact) mass is 282 g/mol. The molecule has 1 N–H and O–H groups in total. The molecule has 4 heteroatoms. The summed E-state index contributed by atoms with van der Waals surface area (Å²) in [6.07, 6.45) is 3.27. The van der Waals surface area contributed by atoms with Crippen molar-refractivity contribution >= 4 is 18.3 Å². The first-order valence-electron chi connectivity index (χ1n) is 6.90. The first kappa shape index (κ1) is 16.0. The van der Waals surface area contributed by atoms with Gasteiger partial charge in [0, 0.05) is 25.2 Å². The van der Waals surface area contributed by atoms with Crippen LogP contribution in [0.4, 0.5) is 0 Å². The number of carbonyl (C=O) groups is 1. The molecule has 0 atom stereocenters. The van der Waals surface area contributed by atoms with Crippen molar-refractivity contribution in [3.8, 4) is 0 Å². The summed E-state index contributed by atoms with van der Waals surface area (Å²) in [5.74, 6) is 0.168.